The molecule has 2 N–H and O–H groups in total. The Morgan fingerprint density at radius 3 is 2.45 bits per heavy atom. The monoisotopic (exact) mass is 274 g/mol. The normalized spacial score (nSPS) is 15.9. The summed E-state index contributed by atoms with van der Waals surface area (Å²) >= 11 is 0. The molecular formula is C17H26N2O. The zero-order valence-electron chi connectivity index (χ0n) is 12.7. The fourth-order valence-corrected chi connectivity index (χ4v) is 2.97. The minimum absolute atomic E-state index is 0.0956. The first kappa shape index (κ1) is 14.9. The van der Waals surface area contributed by atoms with Gasteiger partial charge in [0.25, 0.3) is 0 Å². The molecule has 1 aromatic carbocycles. The molecule has 0 aromatic heterocycles. The van der Waals surface area contributed by atoms with Gasteiger partial charge in [-0.1, -0.05) is 37.5 Å². The van der Waals surface area contributed by atoms with Crippen molar-refractivity contribution in [2.24, 2.45) is 5.92 Å². The van der Waals surface area contributed by atoms with E-state index < -0.39 is 0 Å². The van der Waals surface area contributed by atoms with Gasteiger partial charge in [-0.2, -0.15) is 0 Å². The Labute approximate surface area is 122 Å². The van der Waals surface area contributed by atoms with Crippen molar-refractivity contribution in [3.05, 3.63) is 29.3 Å². The van der Waals surface area contributed by atoms with E-state index in [0.29, 0.717) is 12.5 Å². The summed E-state index contributed by atoms with van der Waals surface area (Å²) in [4.78, 5) is 11.9. The van der Waals surface area contributed by atoms with Gasteiger partial charge < -0.3 is 10.6 Å². The molecule has 110 valence electrons. The van der Waals surface area contributed by atoms with E-state index in [1.807, 2.05) is 6.07 Å². The highest BCUT2D eigenvalue weighted by atomic mass is 16.1. The van der Waals surface area contributed by atoms with Gasteiger partial charge in [-0.15, -0.1) is 0 Å². The molecule has 20 heavy (non-hydrogen) atoms. The van der Waals surface area contributed by atoms with E-state index in [2.05, 4.69) is 36.6 Å². The summed E-state index contributed by atoms with van der Waals surface area (Å²) in [5.41, 5.74) is 3.45. The summed E-state index contributed by atoms with van der Waals surface area (Å²) in [5.74, 6) is 0.783. The number of nitrogens with one attached hydrogen (secondary N) is 2. The summed E-state index contributed by atoms with van der Waals surface area (Å²) in [7, 11) is 0. The van der Waals surface area contributed by atoms with E-state index >= 15 is 0 Å². The number of carbonyl (C=O) groups excluding carboxylic acids is 1. The van der Waals surface area contributed by atoms with Crippen molar-refractivity contribution in [3.8, 4) is 0 Å². The van der Waals surface area contributed by atoms with Crippen LogP contribution in [0.5, 0.6) is 0 Å². The van der Waals surface area contributed by atoms with Crippen LogP contribution in [-0.4, -0.2) is 19.0 Å². The number of anilines is 1. The van der Waals surface area contributed by atoms with Gasteiger partial charge in [-0.05, 0) is 43.7 Å². The van der Waals surface area contributed by atoms with Crippen molar-refractivity contribution in [1.29, 1.82) is 0 Å². The minimum atomic E-state index is 0.0956. The third kappa shape index (κ3) is 4.26. The van der Waals surface area contributed by atoms with E-state index in [1.54, 1.807) is 0 Å². The lowest BCUT2D eigenvalue weighted by Gasteiger charge is -2.22. The van der Waals surface area contributed by atoms with Crippen LogP contribution in [0.25, 0.3) is 0 Å². The van der Waals surface area contributed by atoms with Crippen LogP contribution in [0.15, 0.2) is 18.2 Å². The van der Waals surface area contributed by atoms with Crippen molar-refractivity contribution >= 4 is 11.6 Å². The molecule has 1 saturated carbocycles. The van der Waals surface area contributed by atoms with Crippen LogP contribution in [0, 0.1) is 19.8 Å². The third-order valence-corrected chi connectivity index (χ3v) is 4.22. The first-order chi connectivity index (χ1) is 9.66. The predicted molar refractivity (Wildman–Crippen MR) is 84.0 cm³/mol. The molecule has 0 unspecified atom stereocenters. The van der Waals surface area contributed by atoms with E-state index in [9.17, 15) is 4.79 Å². The third-order valence-electron chi connectivity index (χ3n) is 4.22. The highest BCUT2D eigenvalue weighted by Gasteiger charge is 2.14. The maximum absolute atomic E-state index is 11.9. The summed E-state index contributed by atoms with van der Waals surface area (Å²) in [5, 5.41) is 6.32. The molecule has 2 rings (SSSR count). The maximum Gasteiger partial charge on any atom is 0.239 e. The molecule has 0 heterocycles. The molecular weight excluding hydrogens is 248 g/mol. The zero-order chi connectivity index (χ0) is 14.4. The highest BCUT2D eigenvalue weighted by molar-refractivity contribution is 5.81. The Balaban J connectivity index is 1.74. The standard InChI is InChI=1S/C17H26N2O/c1-13-7-6-8-14(2)17(13)19-12-16(20)18-11-15-9-4-3-5-10-15/h6-8,15,19H,3-5,9-12H2,1-2H3,(H,18,20). The Hall–Kier alpha value is -1.51. The van der Waals surface area contributed by atoms with Gasteiger partial charge in [0.2, 0.25) is 5.91 Å². The summed E-state index contributed by atoms with van der Waals surface area (Å²) < 4.78 is 0. The molecule has 0 bridgehead atoms. The van der Waals surface area contributed by atoms with Gasteiger partial charge in [0.1, 0.15) is 0 Å². The fourth-order valence-electron chi connectivity index (χ4n) is 2.97. The Morgan fingerprint density at radius 2 is 1.80 bits per heavy atom. The number of carbonyl (C=O) groups is 1. The van der Waals surface area contributed by atoms with Crippen molar-refractivity contribution in [1.82, 2.24) is 5.32 Å². The van der Waals surface area contributed by atoms with Gasteiger partial charge in [-0.3, -0.25) is 4.79 Å². The Bertz CT molecular complexity index is 430. The van der Waals surface area contributed by atoms with Gasteiger partial charge in [0.05, 0.1) is 6.54 Å². The number of hydrogen-bond acceptors (Lipinski definition) is 2. The van der Waals surface area contributed by atoms with Crippen LogP contribution in [0.2, 0.25) is 0 Å². The molecule has 1 fully saturated rings. The van der Waals surface area contributed by atoms with Gasteiger partial charge in [0, 0.05) is 12.2 Å². The Kier molecular flexibility index (Phi) is 5.45. The molecule has 1 amide bonds. The van der Waals surface area contributed by atoms with Crippen molar-refractivity contribution in [3.63, 3.8) is 0 Å². The van der Waals surface area contributed by atoms with Crippen LogP contribution in [-0.2, 0) is 4.79 Å². The molecule has 1 aliphatic rings. The lowest BCUT2D eigenvalue weighted by molar-refractivity contribution is -0.119. The number of hydrogen-bond donors (Lipinski definition) is 2. The topological polar surface area (TPSA) is 41.1 Å². The van der Waals surface area contributed by atoms with Crippen molar-refractivity contribution in [2.75, 3.05) is 18.4 Å². The van der Waals surface area contributed by atoms with Crippen LogP contribution >= 0.6 is 0 Å². The van der Waals surface area contributed by atoms with Crippen LogP contribution in [0.1, 0.15) is 43.2 Å². The van der Waals surface area contributed by atoms with Gasteiger partial charge in [0.15, 0.2) is 0 Å². The van der Waals surface area contributed by atoms with Crippen molar-refractivity contribution in [2.45, 2.75) is 46.0 Å². The lowest BCUT2D eigenvalue weighted by atomic mass is 9.89. The first-order valence-electron chi connectivity index (χ1n) is 7.73. The number of aryl methyl sites for hydroxylation is 2. The van der Waals surface area contributed by atoms with Crippen LogP contribution in [0.3, 0.4) is 0 Å². The van der Waals surface area contributed by atoms with E-state index in [-0.39, 0.29) is 5.91 Å². The second-order valence-corrected chi connectivity index (χ2v) is 5.93. The molecule has 1 aromatic rings. The van der Waals surface area contributed by atoms with Crippen LogP contribution in [0.4, 0.5) is 5.69 Å². The first-order valence-corrected chi connectivity index (χ1v) is 7.73. The molecule has 0 aliphatic heterocycles. The molecule has 0 saturated heterocycles. The van der Waals surface area contributed by atoms with Crippen LogP contribution < -0.4 is 10.6 Å². The number of para-hydroxylation sites is 1. The number of amides is 1. The molecule has 3 heteroatoms. The molecule has 0 atom stereocenters. The maximum atomic E-state index is 11.9. The molecule has 0 spiro atoms. The SMILES string of the molecule is Cc1cccc(C)c1NCC(=O)NCC1CCCCC1. The van der Waals surface area contributed by atoms with Crippen molar-refractivity contribution < 1.29 is 4.79 Å². The zero-order valence-corrected chi connectivity index (χ0v) is 12.7. The van der Waals surface area contributed by atoms with Gasteiger partial charge in [-0.25, -0.2) is 0 Å². The van der Waals surface area contributed by atoms with E-state index in [1.165, 1.54) is 43.2 Å². The molecule has 1 aliphatic carbocycles. The highest BCUT2D eigenvalue weighted by Crippen LogP contribution is 2.22. The van der Waals surface area contributed by atoms with Gasteiger partial charge >= 0.3 is 0 Å². The average molecular weight is 274 g/mol. The quantitative estimate of drug-likeness (QED) is 0.864. The molecule has 0 radical (unpaired) electrons. The fraction of sp³-hybridized carbons (Fsp3) is 0.588. The minimum Gasteiger partial charge on any atom is -0.376 e. The average Bonchev–Trinajstić information content (AvgIpc) is 2.46. The smallest absolute Gasteiger partial charge is 0.239 e. The van der Waals surface area contributed by atoms with E-state index in [0.717, 1.165) is 12.2 Å². The summed E-state index contributed by atoms with van der Waals surface area (Å²) in [6.45, 7) is 5.33. The predicted octanol–water partition coefficient (Wildman–Crippen LogP) is 3.41. The summed E-state index contributed by atoms with van der Waals surface area (Å²) in [6, 6.07) is 6.17. The Morgan fingerprint density at radius 1 is 1.15 bits per heavy atom. The summed E-state index contributed by atoms with van der Waals surface area (Å²) in [6.07, 6.45) is 6.54. The second kappa shape index (κ2) is 7.32. The molecule has 3 nitrogen and oxygen atoms in total. The number of benzene rings is 1. The largest absolute Gasteiger partial charge is 0.376 e. The second-order valence-electron chi connectivity index (χ2n) is 5.93. The lowest BCUT2D eigenvalue weighted by Crippen LogP contribution is -2.34. The number of rotatable bonds is 5. The van der Waals surface area contributed by atoms with E-state index in [4.69, 9.17) is 0 Å².